The lowest BCUT2D eigenvalue weighted by atomic mass is 10.1. The second-order valence-corrected chi connectivity index (χ2v) is 6.17. The van der Waals surface area contributed by atoms with E-state index in [9.17, 15) is 23.7 Å². The van der Waals surface area contributed by atoms with Crippen molar-refractivity contribution in [1.29, 1.82) is 0 Å². The van der Waals surface area contributed by atoms with Gasteiger partial charge in [-0.05, 0) is 29.8 Å². The number of hydrogen-bond donors (Lipinski definition) is 0. The highest BCUT2D eigenvalue weighted by Gasteiger charge is 2.22. The van der Waals surface area contributed by atoms with Gasteiger partial charge in [-0.1, -0.05) is 0 Å². The number of ether oxygens (including phenoxy) is 6. The van der Waals surface area contributed by atoms with Gasteiger partial charge in [-0.2, -0.15) is 8.78 Å². The zero-order valence-electron chi connectivity index (χ0n) is 18.1. The van der Waals surface area contributed by atoms with Crippen LogP contribution in [0, 0.1) is 10.1 Å². The second-order valence-electron chi connectivity index (χ2n) is 6.17. The average molecular weight is 469 g/mol. The van der Waals surface area contributed by atoms with Gasteiger partial charge in [-0.15, -0.1) is 0 Å². The lowest BCUT2D eigenvalue weighted by molar-refractivity contribution is -0.386. The molecule has 0 saturated carbocycles. The molecule has 0 amide bonds. The Bertz CT molecular complexity index is 1020. The molecule has 178 valence electrons. The molecule has 0 fully saturated rings. The van der Waals surface area contributed by atoms with Crippen LogP contribution in [0.3, 0.4) is 0 Å². The van der Waals surface area contributed by atoms with Crippen molar-refractivity contribution in [2.45, 2.75) is 13.2 Å². The van der Waals surface area contributed by atoms with Crippen molar-refractivity contribution in [1.82, 2.24) is 0 Å². The first-order valence-electron chi connectivity index (χ1n) is 9.19. The number of alkyl halides is 2. The van der Waals surface area contributed by atoms with Gasteiger partial charge >= 0.3 is 12.6 Å². The van der Waals surface area contributed by atoms with E-state index < -0.39 is 35.5 Å². The van der Waals surface area contributed by atoms with E-state index in [0.29, 0.717) is 22.8 Å². The first-order chi connectivity index (χ1) is 15.7. The average Bonchev–Trinajstić information content (AvgIpc) is 2.80. The minimum Gasteiger partial charge on any atom is -0.493 e. The Balaban J connectivity index is 2.21. The number of nitro groups is 1. The molecule has 2 rings (SSSR count). The van der Waals surface area contributed by atoms with Gasteiger partial charge in [0.25, 0.3) is 5.69 Å². The van der Waals surface area contributed by atoms with E-state index in [0.717, 1.165) is 18.2 Å². The molecule has 0 aliphatic carbocycles. The minimum absolute atomic E-state index is 0.0759. The largest absolute Gasteiger partial charge is 0.493 e. The van der Waals surface area contributed by atoms with Crippen molar-refractivity contribution in [2.24, 2.45) is 0 Å². The van der Waals surface area contributed by atoms with Gasteiger partial charge < -0.3 is 28.4 Å². The molecule has 2 aromatic carbocycles. The van der Waals surface area contributed by atoms with Gasteiger partial charge in [-0.3, -0.25) is 10.1 Å². The van der Waals surface area contributed by atoms with Crippen LogP contribution in [0.2, 0.25) is 0 Å². The topological polar surface area (TPSA) is 116 Å². The minimum atomic E-state index is -3.21. The van der Waals surface area contributed by atoms with Gasteiger partial charge in [0.2, 0.25) is 5.75 Å². The number of esters is 1. The summed E-state index contributed by atoms with van der Waals surface area (Å²) in [5.41, 5.74) is -0.122. The number of benzene rings is 2. The molecular weight excluding hydrogens is 448 g/mol. The quantitative estimate of drug-likeness (QED) is 0.208. The fourth-order valence-corrected chi connectivity index (χ4v) is 2.78. The number of nitrogens with zero attached hydrogens (tertiary/aromatic N) is 1. The Morgan fingerprint density at radius 1 is 0.970 bits per heavy atom. The highest BCUT2D eigenvalue weighted by molar-refractivity contribution is 5.87. The van der Waals surface area contributed by atoms with E-state index in [4.69, 9.17) is 23.7 Å². The molecule has 0 aromatic heterocycles. The second kappa shape index (κ2) is 11.5. The summed E-state index contributed by atoms with van der Waals surface area (Å²) in [4.78, 5) is 22.7. The fraction of sp³-hybridized carbons (Fsp3) is 0.286. The van der Waals surface area contributed by atoms with E-state index in [2.05, 4.69) is 4.74 Å². The van der Waals surface area contributed by atoms with Crippen molar-refractivity contribution in [2.75, 3.05) is 28.4 Å². The van der Waals surface area contributed by atoms with E-state index in [1.54, 1.807) is 12.1 Å². The monoisotopic (exact) mass is 469 g/mol. The molecule has 0 aliphatic heterocycles. The predicted molar refractivity (Wildman–Crippen MR) is 111 cm³/mol. The maximum absolute atomic E-state index is 12.5. The van der Waals surface area contributed by atoms with Crippen LogP contribution < -0.4 is 23.7 Å². The zero-order valence-corrected chi connectivity index (χ0v) is 18.1. The molecule has 0 bridgehead atoms. The number of rotatable bonds is 11. The summed E-state index contributed by atoms with van der Waals surface area (Å²) in [5.74, 6) is -0.390. The third kappa shape index (κ3) is 6.45. The number of carbonyl (C=O) groups excluding carboxylic acids is 1. The molecular formula is C21H21F2NO9. The number of hydrogen-bond acceptors (Lipinski definition) is 9. The van der Waals surface area contributed by atoms with Gasteiger partial charge in [-0.25, -0.2) is 4.79 Å². The van der Waals surface area contributed by atoms with Crippen molar-refractivity contribution in [3.8, 4) is 28.7 Å². The highest BCUT2D eigenvalue weighted by Crippen LogP contribution is 2.39. The van der Waals surface area contributed by atoms with Gasteiger partial charge in [0.05, 0.1) is 45.0 Å². The van der Waals surface area contributed by atoms with Crippen LogP contribution >= 0.6 is 0 Å². The predicted octanol–water partition coefficient (Wildman–Crippen LogP) is 3.99. The summed E-state index contributed by atoms with van der Waals surface area (Å²) in [5, 5.41) is 11.3. The molecule has 0 N–H and O–H groups in total. The molecule has 0 spiro atoms. The summed E-state index contributed by atoms with van der Waals surface area (Å²) in [6.07, 6.45) is 2.51. The van der Waals surface area contributed by atoms with Crippen molar-refractivity contribution >= 4 is 17.7 Å². The number of nitro benzene ring substituents is 1. The standard InChI is InChI=1S/C21H21F2NO9/c1-28-15-9-13(14(24(26)27)10-16(15)33-21(22)23)11-32-19(25)6-5-12-7-17(29-2)20(31-4)18(8-12)30-3/h5-10,21H,11H2,1-4H3/b6-5+. The molecule has 33 heavy (non-hydrogen) atoms. The molecule has 12 heteroatoms. The van der Waals surface area contributed by atoms with Crippen molar-refractivity contribution in [3.05, 3.63) is 51.6 Å². The number of methoxy groups -OCH3 is 4. The maximum atomic E-state index is 12.5. The van der Waals surface area contributed by atoms with E-state index in [1.807, 2.05) is 0 Å². The number of carbonyl (C=O) groups is 1. The third-order valence-corrected chi connectivity index (χ3v) is 4.25. The van der Waals surface area contributed by atoms with Crippen LogP contribution in [0.15, 0.2) is 30.3 Å². The zero-order chi connectivity index (χ0) is 24.5. The molecule has 10 nitrogen and oxygen atoms in total. The van der Waals surface area contributed by atoms with Crippen molar-refractivity contribution < 1.29 is 46.9 Å². The molecule has 0 saturated heterocycles. The normalized spacial score (nSPS) is 10.8. The van der Waals surface area contributed by atoms with Crippen LogP contribution in [0.25, 0.3) is 6.08 Å². The summed E-state index contributed by atoms with van der Waals surface area (Å²) >= 11 is 0. The summed E-state index contributed by atoms with van der Waals surface area (Å²) < 4.78 is 55.0. The summed E-state index contributed by atoms with van der Waals surface area (Å²) in [6, 6.07) is 5.07. The smallest absolute Gasteiger partial charge is 0.387 e. The summed E-state index contributed by atoms with van der Waals surface area (Å²) in [6.45, 7) is -3.72. The summed E-state index contributed by atoms with van der Waals surface area (Å²) in [7, 11) is 5.51. The Morgan fingerprint density at radius 2 is 1.58 bits per heavy atom. The van der Waals surface area contributed by atoms with Crippen LogP contribution in [-0.4, -0.2) is 45.9 Å². The third-order valence-electron chi connectivity index (χ3n) is 4.25. The lowest BCUT2D eigenvalue weighted by Crippen LogP contribution is -2.07. The first-order valence-corrected chi connectivity index (χ1v) is 9.19. The van der Waals surface area contributed by atoms with E-state index >= 15 is 0 Å². The molecule has 0 aliphatic rings. The lowest BCUT2D eigenvalue weighted by Gasteiger charge is -2.13. The molecule has 0 atom stereocenters. The van der Waals surface area contributed by atoms with Gasteiger partial charge in [0, 0.05) is 6.08 Å². The van der Waals surface area contributed by atoms with Crippen LogP contribution in [0.1, 0.15) is 11.1 Å². The van der Waals surface area contributed by atoms with Crippen LogP contribution in [-0.2, 0) is 16.1 Å². The molecule has 0 heterocycles. The SMILES string of the molecule is COc1cc(COC(=O)/C=C/c2cc(OC)c(OC)c(OC)c2)c([N+](=O)[O-])cc1OC(F)F. The molecule has 0 unspecified atom stereocenters. The van der Waals surface area contributed by atoms with Gasteiger partial charge in [0.15, 0.2) is 23.0 Å². The molecule has 0 radical (unpaired) electrons. The highest BCUT2D eigenvalue weighted by atomic mass is 19.3. The molecule has 2 aromatic rings. The Kier molecular flexibility index (Phi) is 8.78. The van der Waals surface area contributed by atoms with E-state index in [1.165, 1.54) is 34.5 Å². The van der Waals surface area contributed by atoms with E-state index in [-0.39, 0.29) is 11.3 Å². The first kappa shape index (κ1) is 25.2. The Hall–Kier alpha value is -4.09. The van der Waals surface area contributed by atoms with Crippen LogP contribution in [0.5, 0.6) is 28.7 Å². The van der Waals surface area contributed by atoms with Gasteiger partial charge in [0.1, 0.15) is 6.61 Å². The maximum Gasteiger partial charge on any atom is 0.387 e. The Labute approximate surface area is 187 Å². The Morgan fingerprint density at radius 3 is 2.06 bits per heavy atom. The van der Waals surface area contributed by atoms with Crippen molar-refractivity contribution in [3.63, 3.8) is 0 Å². The fourth-order valence-electron chi connectivity index (χ4n) is 2.78. The van der Waals surface area contributed by atoms with Crippen LogP contribution in [0.4, 0.5) is 14.5 Å². The number of halogens is 2.